The maximum atomic E-state index is 11.0. The minimum absolute atomic E-state index is 0.00109. The van der Waals surface area contributed by atoms with Crippen LogP contribution in [0.5, 0.6) is 23.0 Å². The maximum Gasteiger partial charge on any atom is 0.302 e. The molecule has 1 heterocycles. The summed E-state index contributed by atoms with van der Waals surface area (Å²) < 4.78 is 16.0. The van der Waals surface area contributed by atoms with Gasteiger partial charge in [0.2, 0.25) is 0 Å². The Hall–Kier alpha value is -2.93. The van der Waals surface area contributed by atoms with Crippen LogP contribution in [0.25, 0.3) is 0 Å². The number of carbonyl (C=O) groups excluding carboxylic acids is 1. The largest absolute Gasteiger partial charge is 0.504 e. The summed E-state index contributed by atoms with van der Waals surface area (Å²) >= 11 is 0. The van der Waals surface area contributed by atoms with Gasteiger partial charge in [0, 0.05) is 12.5 Å². The number of methoxy groups -OCH3 is 1. The molecule has 2 aromatic rings. The highest BCUT2D eigenvalue weighted by Gasteiger charge is 2.37. The number of aliphatic hydroxyl groups is 1. The van der Waals surface area contributed by atoms with Crippen LogP contribution in [0, 0.1) is 0 Å². The predicted molar refractivity (Wildman–Crippen MR) is 91.4 cm³/mol. The zero-order valence-corrected chi connectivity index (χ0v) is 14.4. The molecule has 1 aliphatic heterocycles. The number of fused-ring (bicyclic) bond motifs is 1. The van der Waals surface area contributed by atoms with Gasteiger partial charge < -0.3 is 29.5 Å². The molecule has 0 radical (unpaired) electrons. The van der Waals surface area contributed by atoms with Gasteiger partial charge in [-0.05, 0) is 35.4 Å². The Bertz CT molecular complexity index is 831. The second-order valence-corrected chi connectivity index (χ2v) is 6.07. The van der Waals surface area contributed by atoms with E-state index in [1.165, 1.54) is 26.2 Å². The SMILES string of the molecule is COc1cc([C@@H]2Oc3c(O)cc(COC(C)=O)cc3[C@H]2CO)ccc1O. The van der Waals surface area contributed by atoms with Crippen molar-refractivity contribution in [3.63, 3.8) is 0 Å². The third-order valence-electron chi connectivity index (χ3n) is 4.34. The van der Waals surface area contributed by atoms with E-state index in [1.54, 1.807) is 18.2 Å². The lowest BCUT2D eigenvalue weighted by Crippen LogP contribution is -2.13. The maximum absolute atomic E-state index is 11.0. The fraction of sp³-hybridized carbons (Fsp3) is 0.316. The van der Waals surface area contributed by atoms with Gasteiger partial charge in [-0.2, -0.15) is 0 Å². The van der Waals surface area contributed by atoms with Gasteiger partial charge in [0.05, 0.1) is 19.6 Å². The molecule has 3 N–H and O–H groups in total. The molecule has 1 aliphatic rings. The van der Waals surface area contributed by atoms with Crippen molar-refractivity contribution in [2.45, 2.75) is 25.6 Å². The van der Waals surface area contributed by atoms with Crippen molar-refractivity contribution < 1.29 is 34.3 Å². The summed E-state index contributed by atoms with van der Waals surface area (Å²) in [7, 11) is 1.44. The van der Waals surface area contributed by atoms with Crippen LogP contribution in [0.3, 0.4) is 0 Å². The lowest BCUT2D eigenvalue weighted by Gasteiger charge is -2.18. The van der Waals surface area contributed by atoms with E-state index in [-0.39, 0.29) is 30.5 Å². The quantitative estimate of drug-likeness (QED) is 0.703. The number of hydrogen-bond donors (Lipinski definition) is 3. The fourth-order valence-electron chi connectivity index (χ4n) is 3.11. The van der Waals surface area contributed by atoms with E-state index in [2.05, 4.69) is 0 Å². The van der Waals surface area contributed by atoms with Crippen LogP contribution in [-0.2, 0) is 16.1 Å². The molecule has 0 saturated heterocycles. The number of phenols is 2. The molecule has 2 atom stereocenters. The van der Waals surface area contributed by atoms with Crippen LogP contribution >= 0.6 is 0 Å². The number of rotatable bonds is 5. The van der Waals surface area contributed by atoms with Gasteiger partial charge in [0.25, 0.3) is 0 Å². The van der Waals surface area contributed by atoms with Crippen LogP contribution < -0.4 is 9.47 Å². The van der Waals surface area contributed by atoms with Crippen LogP contribution in [0.1, 0.15) is 35.6 Å². The van der Waals surface area contributed by atoms with Gasteiger partial charge in [0.15, 0.2) is 23.0 Å². The highest BCUT2D eigenvalue weighted by Crippen LogP contribution is 2.51. The zero-order valence-electron chi connectivity index (χ0n) is 14.4. The van der Waals surface area contributed by atoms with Gasteiger partial charge in [-0.15, -0.1) is 0 Å². The van der Waals surface area contributed by atoms with Crippen LogP contribution in [-0.4, -0.2) is 35.0 Å². The predicted octanol–water partition coefficient (Wildman–Crippen LogP) is 2.38. The van der Waals surface area contributed by atoms with E-state index in [9.17, 15) is 20.1 Å². The average molecular weight is 360 g/mol. The second-order valence-electron chi connectivity index (χ2n) is 6.07. The first-order chi connectivity index (χ1) is 12.4. The van der Waals surface area contributed by atoms with E-state index in [4.69, 9.17) is 14.2 Å². The molecule has 26 heavy (non-hydrogen) atoms. The summed E-state index contributed by atoms with van der Waals surface area (Å²) in [5.74, 6) is -0.363. The Morgan fingerprint density at radius 1 is 1.19 bits per heavy atom. The molecular formula is C19H20O7. The molecule has 0 saturated carbocycles. The summed E-state index contributed by atoms with van der Waals surface area (Å²) in [6, 6.07) is 8.01. The van der Waals surface area contributed by atoms with Crippen molar-refractivity contribution in [3.8, 4) is 23.0 Å². The van der Waals surface area contributed by atoms with Gasteiger partial charge in [-0.25, -0.2) is 0 Å². The van der Waals surface area contributed by atoms with Gasteiger partial charge >= 0.3 is 5.97 Å². The van der Waals surface area contributed by atoms with Gasteiger partial charge in [0.1, 0.15) is 12.7 Å². The number of hydrogen-bond acceptors (Lipinski definition) is 7. The molecular weight excluding hydrogens is 340 g/mol. The summed E-state index contributed by atoms with van der Waals surface area (Å²) in [5.41, 5.74) is 1.92. The number of ether oxygens (including phenoxy) is 3. The molecule has 0 aromatic heterocycles. The Labute approximate surface area is 150 Å². The third kappa shape index (κ3) is 3.25. The smallest absolute Gasteiger partial charge is 0.302 e. The first kappa shape index (κ1) is 17.9. The van der Waals surface area contributed by atoms with Crippen LogP contribution in [0.15, 0.2) is 30.3 Å². The molecule has 0 bridgehead atoms. The molecule has 0 amide bonds. The molecule has 0 spiro atoms. The monoisotopic (exact) mass is 360 g/mol. The summed E-state index contributed by atoms with van der Waals surface area (Å²) in [6.45, 7) is 1.12. The highest BCUT2D eigenvalue weighted by molar-refractivity contribution is 5.66. The van der Waals surface area contributed by atoms with Gasteiger partial charge in [-0.3, -0.25) is 4.79 Å². The van der Waals surface area contributed by atoms with E-state index in [1.807, 2.05) is 0 Å². The normalized spacial score (nSPS) is 18.1. The van der Waals surface area contributed by atoms with Crippen molar-refractivity contribution in [1.82, 2.24) is 0 Å². The Morgan fingerprint density at radius 2 is 1.96 bits per heavy atom. The Kier molecular flexibility index (Phi) is 4.90. The van der Waals surface area contributed by atoms with Crippen molar-refractivity contribution in [3.05, 3.63) is 47.0 Å². The summed E-state index contributed by atoms with van der Waals surface area (Å²) in [4.78, 5) is 11.0. The third-order valence-corrected chi connectivity index (χ3v) is 4.34. The van der Waals surface area contributed by atoms with Crippen molar-refractivity contribution >= 4 is 5.97 Å². The lowest BCUT2D eigenvalue weighted by atomic mass is 9.90. The van der Waals surface area contributed by atoms with E-state index >= 15 is 0 Å². The average Bonchev–Trinajstić information content (AvgIpc) is 2.99. The molecule has 138 valence electrons. The van der Waals surface area contributed by atoms with Gasteiger partial charge in [-0.1, -0.05) is 6.07 Å². The van der Waals surface area contributed by atoms with Crippen LogP contribution in [0.2, 0.25) is 0 Å². The Balaban J connectivity index is 1.96. The molecule has 0 fully saturated rings. The molecule has 7 heteroatoms. The summed E-state index contributed by atoms with van der Waals surface area (Å²) in [5, 5.41) is 29.9. The molecule has 2 aromatic carbocycles. The molecule has 0 aliphatic carbocycles. The molecule has 3 rings (SSSR count). The number of carbonyl (C=O) groups is 1. The van der Waals surface area contributed by atoms with Crippen molar-refractivity contribution in [1.29, 1.82) is 0 Å². The van der Waals surface area contributed by atoms with E-state index < -0.39 is 18.0 Å². The molecule has 7 nitrogen and oxygen atoms in total. The summed E-state index contributed by atoms with van der Waals surface area (Å²) in [6.07, 6.45) is -0.556. The zero-order chi connectivity index (χ0) is 18.8. The standard InChI is InChI=1S/C19H20O7/c1-10(21)25-9-11-5-13-14(8-20)18(26-19(13)16(23)6-11)12-3-4-15(22)17(7-12)24-2/h3-7,14,18,20,22-23H,8-9H2,1-2H3/t14-,18+/m1/s1. The topological polar surface area (TPSA) is 105 Å². The van der Waals surface area contributed by atoms with E-state index in [0.717, 1.165) is 0 Å². The lowest BCUT2D eigenvalue weighted by molar-refractivity contribution is -0.142. The highest BCUT2D eigenvalue weighted by atomic mass is 16.5. The van der Waals surface area contributed by atoms with Crippen molar-refractivity contribution in [2.75, 3.05) is 13.7 Å². The molecule has 0 unspecified atom stereocenters. The minimum atomic E-state index is -0.556. The Morgan fingerprint density at radius 3 is 2.62 bits per heavy atom. The first-order valence-corrected chi connectivity index (χ1v) is 8.08. The van der Waals surface area contributed by atoms with E-state index in [0.29, 0.717) is 22.4 Å². The first-order valence-electron chi connectivity index (χ1n) is 8.08. The fourth-order valence-corrected chi connectivity index (χ4v) is 3.11. The number of aliphatic hydroxyl groups excluding tert-OH is 1. The second kappa shape index (κ2) is 7.13. The number of phenolic OH excluding ortho intramolecular Hbond substituents is 2. The van der Waals surface area contributed by atoms with Crippen molar-refractivity contribution in [2.24, 2.45) is 0 Å². The minimum Gasteiger partial charge on any atom is -0.504 e. The number of benzene rings is 2. The number of aromatic hydroxyl groups is 2. The van der Waals surface area contributed by atoms with Crippen LogP contribution in [0.4, 0.5) is 0 Å². The number of esters is 1.